The summed E-state index contributed by atoms with van der Waals surface area (Å²) in [5.74, 6) is 0.277. The van der Waals surface area contributed by atoms with Crippen LogP contribution in [-0.2, 0) is 14.8 Å². The standard InChI is InChI=1S/C13H19NO5S/c1-18-11-4-2-3-5-12(11)20(16,17)14-10-13(15)6-8-19-9-7-13/h2-5,14-15H,6-10H2,1H3. The third-order valence-electron chi connectivity index (χ3n) is 3.37. The number of sulfonamides is 1. The van der Waals surface area contributed by atoms with Gasteiger partial charge in [0.1, 0.15) is 10.6 Å². The highest BCUT2D eigenvalue weighted by atomic mass is 32.2. The van der Waals surface area contributed by atoms with Crippen LogP contribution in [0.15, 0.2) is 29.2 Å². The van der Waals surface area contributed by atoms with Crippen molar-refractivity contribution >= 4 is 10.0 Å². The largest absolute Gasteiger partial charge is 0.495 e. The first-order valence-electron chi connectivity index (χ1n) is 6.40. The number of hydrogen-bond donors (Lipinski definition) is 2. The lowest BCUT2D eigenvalue weighted by molar-refractivity contribution is -0.0588. The number of para-hydroxylation sites is 1. The van der Waals surface area contributed by atoms with Gasteiger partial charge in [-0.3, -0.25) is 0 Å². The Balaban J connectivity index is 2.11. The zero-order chi connectivity index (χ0) is 14.6. The molecule has 2 N–H and O–H groups in total. The van der Waals surface area contributed by atoms with Gasteiger partial charge in [0.2, 0.25) is 10.0 Å². The molecular weight excluding hydrogens is 282 g/mol. The van der Waals surface area contributed by atoms with Crippen LogP contribution < -0.4 is 9.46 Å². The smallest absolute Gasteiger partial charge is 0.244 e. The van der Waals surface area contributed by atoms with E-state index in [0.29, 0.717) is 26.1 Å². The number of rotatable bonds is 5. The highest BCUT2D eigenvalue weighted by molar-refractivity contribution is 7.89. The fraction of sp³-hybridized carbons (Fsp3) is 0.538. The van der Waals surface area contributed by atoms with Crippen LogP contribution in [0.5, 0.6) is 5.75 Å². The van der Waals surface area contributed by atoms with Crippen LogP contribution in [-0.4, -0.2) is 46.0 Å². The van der Waals surface area contributed by atoms with Gasteiger partial charge in [0.15, 0.2) is 0 Å². The van der Waals surface area contributed by atoms with Crippen LogP contribution >= 0.6 is 0 Å². The van der Waals surface area contributed by atoms with Gasteiger partial charge in [0.25, 0.3) is 0 Å². The van der Waals surface area contributed by atoms with Gasteiger partial charge in [-0.15, -0.1) is 0 Å². The quantitative estimate of drug-likeness (QED) is 0.828. The molecule has 0 aliphatic carbocycles. The SMILES string of the molecule is COc1ccccc1S(=O)(=O)NCC1(O)CCOCC1. The van der Waals surface area contributed by atoms with E-state index in [4.69, 9.17) is 9.47 Å². The second kappa shape index (κ2) is 6.09. The summed E-state index contributed by atoms with van der Waals surface area (Å²) in [5.41, 5.74) is -1.05. The minimum Gasteiger partial charge on any atom is -0.495 e. The van der Waals surface area contributed by atoms with Crippen LogP contribution in [0.2, 0.25) is 0 Å². The van der Waals surface area contributed by atoms with Crippen molar-refractivity contribution in [3.63, 3.8) is 0 Å². The Hall–Kier alpha value is -1.15. The summed E-state index contributed by atoms with van der Waals surface area (Å²) >= 11 is 0. The van der Waals surface area contributed by atoms with E-state index >= 15 is 0 Å². The third kappa shape index (κ3) is 3.49. The maximum atomic E-state index is 12.3. The maximum absolute atomic E-state index is 12.3. The summed E-state index contributed by atoms with van der Waals surface area (Å²) in [7, 11) is -2.30. The topological polar surface area (TPSA) is 84.9 Å². The molecule has 20 heavy (non-hydrogen) atoms. The maximum Gasteiger partial charge on any atom is 0.244 e. The number of methoxy groups -OCH3 is 1. The van der Waals surface area contributed by atoms with Gasteiger partial charge in [-0.1, -0.05) is 12.1 Å². The van der Waals surface area contributed by atoms with E-state index < -0.39 is 15.6 Å². The first-order chi connectivity index (χ1) is 9.47. The average molecular weight is 301 g/mol. The van der Waals surface area contributed by atoms with Gasteiger partial charge in [-0.2, -0.15) is 0 Å². The molecule has 7 heteroatoms. The van der Waals surface area contributed by atoms with Crippen molar-refractivity contribution in [1.29, 1.82) is 0 Å². The van der Waals surface area contributed by atoms with Crippen molar-refractivity contribution in [3.8, 4) is 5.75 Å². The summed E-state index contributed by atoms with van der Waals surface area (Å²) in [6, 6.07) is 6.37. The van der Waals surface area contributed by atoms with Gasteiger partial charge in [0, 0.05) is 32.6 Å². The molecule has 0 bridgehead atoms. The van der Waals surface area contributed by atoms with E-state index in [1.54, 1.807) is 18.2 Å². The van der Waals surface area contributed by atoms with Crippen LogP contribution in [0.4, 0.5) is 0 Å². The van der Waals surface area contributed by atoms with E-state index in [9.17, 15) is 13.5 Å². The number of benzene rings is 1. The summed E-state index contributed by atoms with van der Waals surface area (Å²) in [4.78, 5) is 0.0677. The molecule has 0 atom stereocenters. The van der Waals surface area contributed by atoms with Crippen molar-refractivity contribution in [2.75, 3.05) is 26.9 Å². The van der Waals surface area contributed by atoms with E-state index in [0.717, 1.165) is 0 Å². The second-order valence-corrected chi connectivity index (χ2v) is 6.55. The summed E-state index contributed by atoms with van der Waals surface area (Å²) < 4.78 is 37.2. The zero-order valence-corrected chi connectivity index (χ0v) is 12.1. The molecule has 0 radical (unpaired) electrons. The Labute approximate surface area is 118 Å². The Bertz CT molecular complexity index is 552. The molecule has 0 saturated carbocycles. The highest BCUT2D eigenvalue weighted by Gasteiger charge is 2.32. The Kier molecular flexibility index (Phi) is 4.64. The number of ether oxygens (including phenoxy) is 2. The fourth-order valence-corrected chi connectivity index (χ4v) is 3.36. The fourth-order valence-electron chi connectivity index (χ4n) is 2.08. The van der Waals surface area contributed by atoms with E-state index in [2.05, 4.69) is 4.72 Å². The molecule has 0 spiro atoms. The van der Waals surface area contributed by atoms with Crippen LogP contribution in [0, 0.1) is 0 Å². The van der Waals surface area contributed by atoms with Crippen LogP contribution in [0.1, 0.15) is 12.8 Å². The zero-order valence-electron chi connectivity index (χ0n) is 11.3. The van der Waals surface area contributed by atoms with E-state index in [-0.39, 0.29) is 17.2 Å². The van der Waals surface area contributed by atoms with Gasteiger partial charge < -0.3 is 14.6 Å². The predicted molar refractivity (Wildman–Crippen MR) is 73.2 cm³/mol. The number of hydrogen-bond acceptors (Lipinski definition) is 5. The molecule has 0 amide bonds. The second-order valence-electron chi connectivity index (χ2n) is 4.81. The molecular formula is C13H19NO5S. The van der Waals surface area contributed by atoms with Gasteiger partial charge in [0.05, 0.1) is 12.7 Å². The predicted octanol–water partition coefficient (Wildman–Crippen LogP) is 0.515. The van der Waals surface area contributed by atoms with Crippen molar-refractivity contribution < 1.29 is 23.0 Å². The summed E-state index contributed by atoms with van der Waals surface area (Å²) in [6.45, 7) is 0.844. The number of nitrogens with one attached hydrogen (secondary N) is 1. The molecule has 112 valence electrons. The minimum atomic E-state index is -3.72. The van der Waals surface area contributed by atoms with Gasteiger partial charge >= 0.3 is 0 Å². The lowest BCUT2D eigenvalue weighted by atomic mass is 9.95. The Morgan fingerprint density at radius 3 is 2.65 bits per heavy atom. The van der Waals surface area contributed by atoms with Crippen LogP contribution in [0.3, 0.4) is 0 Å². The Morgan fingerprint density at radius 1 is 1.35 bits per heavy atom. The van der Waals surface area contributed by atoms with Gasteiger partial charge in [-0.05, 0) is 12.1 Å². The average Bonchev–Trinajstić information content (AvgIpc) is 2.46. The normalized spacial score (nSPS) is 18.7. The molecule has 1 saturated heterocycles. The first-order valence-corrected chi connectivity index (χ1v) is 7.88. The molecule has 1 heterocycles. The molecule has 2 rings (SSSR count). The molecule has 1 aliphatic heterocycles. The molecule has 1 aromatic rings. The molecule has 0 unspecified atom stereocenters. The monoisotopic (exact) mass is 301 g/mol. The summed E-state index contributed by atoms with van der Waals surface area (Å²) in [5, 5.41) is 10.3. The van der Waals surface area contributed by atoms with E-state index in [1.165, 1.54) is 13.2 Å². The van der Waals surface area contributed by atoms with Crippen molar-refractivity contribution in [3.05, 3.63) is 24.3 Å². The molecule has 0 aromatic heterocycles. The molecule has 6 nitrogen and oxygen atoms in total. The van der Waals surface area contributed by atoms with Gasteiger partial charge in [-0.25, -0.2) is 13.1 Å². The molecule has 1 aromatic carbocycles. The van der Waals surface area contributed by atoms with Crippen LogP contribution in [0.25, 0.3) is 0 Å². The minimum absolute atomic E-state index is 0.0310. The highest BCUT2D eigenvalue weighted by Crippen LogP contribution is 2.24. The molecule has 1 aliphatic rings. The summed E-state index contributed by atoms with van der Waals surface area (Å²) in [6.07, 6.45) is 0.836. The van der Waals surface area contributed by atoms with Crippen molar-refractivity contribution in [2.45, 2.75) is 23.3 Å². The third-order valence-corrected chi connectivity index (χ3v) is 4.81. The Morgan fingerprint density at radius 2 is 2.00 bits per heavy atom. The first kappa shape index (κ1) is 15.2. The molecule has 1 fully saturated rings. The van der Waals surface area contributed by atoms with Crippen molar-refractivity contribution in [1.82, 2.24) is 4.72 Å². The number of aliphatic hydroxyl groups is 1. The lowest BCUT2D eigenvalue weighted by Gasteiger charge is -2.32. The van der Waals surface area contributed by atoms with Crippen molar-refractivity contribution in [2.24, 2.45) is 0 Å². The van der Waals surface area contributed by atoms with E-state index in [1.807, 2.05) is 0 Å². The lowest BCUT2D eigenvalue weighted by Crippen LogP contribution is -2.46.